The normalized spacial score (nSPS) is 37.5. The Bertz CT molecular complexity index is 228. The maximum atomic E-state index is 5.87. The highest BCUT2D eigenvalue weighted by Gasteiger charge is 2.36. The van der Waals surface area contributed by atoms with Crippen LogP contribution in [0.15, 0.2) is 0 Å². The summed E-state index contributed by atoms with van der Waals surface area (Å²) in [6.45, 7) is 5.91. The Morgan fingerprint density at radius 2 is 2.00 bits per heavy atom. The molecule has 0 radical (unpaired) electrons. The van der Waals surface area contributed by atoms with E-state index in [1.165, 1.54) is 58.3 Å². The number of rotatable bonds is 2. The summed E-state index contributed by atoms with van der Waals surface area (Å²) in [4.78, 5) is 2.73. The number of nitrogens with zero attached hydrogens (tertiary/aromatic N) is 1. The fraction of sp³-hybridized carbons (Fsp3) is 1.00. The molecule has 1 aliphatic carbocycles. The third-order valence-corrected chi connectivity index (χ3v) is 4.55. The quantitative estimate of drug-likeness (QED) is 0.764. The SMILES string of the molecule is C1CC2OCCN(CC3CCNCC3)C2C1. The van der Waals surface area contributed by atoms with Crippen LogP contribution in [0.3, 0.4) is 0 Å². The summed E-state index contributed by atoms with van der Waals surface area (Å²) < 4.78 is 5.87. The minimum Gasteiger partial charge on any atom is -0.375 e. The third-order valence-electron chi connectivity index (χ3n) is 4.55. The average Bonchev–Trinajstić information content (AvgIpc) is 2.80. The minimum atomic E-state index is 0.565. The number of hydrogen-bond donors (Lipinski definition) is 1. The molecule has 1 N–H and O–H groups in total. The van der Waals surface area contributed by atoms with E-state index in [0.717, 1.165) is 18.6 Å². The van der Waals surface area contributed by atoms with Gasteiger partial charge in [-0.3, -0.25) is 4.90 Å². The summed E-state index contributed by atoms with van der Waals surface area (Å²) in [6.07, 6.45) is 7.35. The van der Waals surface area contributed by atoms with Crippen LogP contribution in [0.1, 0.15) is 32.1 Å². The van der Waals surface area contributed by atoms with Crippen molar-refractivity contribution >= 4 is 0 Å². The van der Waals surface area contributed by atoms with Crippen molar-refractivity contribution < 1.29 is 4.74 Å². The summed E-state index contributed by atoms with van der Waals surface area (Å²) in [6, 6.07) is 0.753. The van der Waals surface area contributed by atoms with Gasteiger partial charge in [0.15, 0.2) is 0 Å². The summed E-state index contributed by atoms with van der Waals surface area (Å²) >= 11 is 0. The third kappa shape index (κ3) is 2.27. The van der Waals surface area contributed by atoms with Crippen LogP contribution in [0.4, 0.5) is 0 Å². The van der Waals surface area contributed by atoms with Crippen LogP contribution in [0.2, 0.25) is 0 Å². The molecule has 0 amide bonds. The molecule has 0 aromatic rings. The zero-order valence-corrected chi connectivity index (χ0v) is 10.2. The van der Waals surface area contributed by atoms with Gasteiger partial charge in [0.25, 0.3) is 0 Å². The molecular weight excluding hydrogens is 200 g/mol. The zero-order chi connectivity index (χ0) is 10.8. The number of morpholine rings is 1. The molecule has 16 heavy (non-hydrogen) atoms. The molecule has 3 fully saturated rings. The predicted octanol–water partition coefficient (Wildman–Crippen LogP) is 1.24. The standard InChI is InChI=1S/C13H24N2O/c1-2-12-13(3-1)16-9-8-15(12)10-11-4-6-14-7-5-11/h11-14H,1-10H2. The van der Waals surface area contributed by atoms with Gasteiger partial charge in [-0.2, -0.15) is 0 Å². The molecule has 3 nitrogen and oxygen atoms in total. The number of hydrogen-bond acceptors (Lipinski definition) is 3. The molecule has 0 bridgehead atoms. The molecule has 0 spiro atoms. The van der Waals surface area contributed by atoms with E-state index in [1.807, 2.05) is 0 Å². The molecule has 0 aromatic heterocycles. The van der Waals surface area contributed by atoms with E-state index in [2.05, 4.69) is 10.2 Å². The van der Waals surface area contributed by atoms with Crippen molar-refractivity contribution in [2.45, 2.75) is 44.2 Å². The first-order chi connectivity index (χ1) is 7.93. The van der Waals surface area contributed by atoms with E-state index >= 15 is 0 Å². The second kappa shape index (κ2) is 5.03. The molecule has 3 aliphatic rings. The van der Waals surface area contributed by atoms with Gasteiger partial charge < -0.3 is 10.1 Å². The maximum absolute atomic E-state index is 5.87. The number of piperidine rings is 1. The predicted molar refractivity (Wildman–Crippen MR) is 64.5 cm³/mol. The Labute approximate surface area is 98.5 Å². The van der Waals surface area contributed by atoms with Gasteiger partial charge in [-0.15, -0.1) is 0 Å². The summed E-state index contributed by atoms with van der Waals surface area (Å²) in [5.41, 5.74) is 0. The zero-order valence-electron chi connectivity index (χ0n) is 10.2. The van der Waals surface area contributed by atoms with Crippen molar-refractivity contribution in [2.24, 2.45) is 5.92 Å². The molecule has 0 aromatic carbocycles. The number of nitrogens with one attached hydrogen (secondary N) is 1. The van der Waals surface area contributed by atoms with E-state index in [0.29, 0.717) is 6.10 Å². The number of ether oxygens (including phenoxy) is 1. The van der Waals surface area contributed by atoms with E-state index in [1.54, 1.807) is 0 Å². The van der Waals surface area contributed by atoms with Gasteiger partial charge in [0, 0.05) is 19.1 Å². The lowest BCUT2D eigenvalue weighted by Crippen LogP contribution is -2.50. The lowest BCUT2D eigenvalue weighted by Gasteiger charge is -2.40. The van der Waals surface area contributed by atoms with Crippen molar-refractivity contribution in [1.82, 2.24) is 10.2 Å². The van der Waals surface area contributed by atoms with Gasteiger partial charge in [0.05, 0.1) is 12.7 Å². The smallest absolute Gasteiger partial charge is 0.0730 e. The van der Waals surface area contributed by atoms with Crippen LogP contribution in [-0.2, 0) is 4.74 Å². The van der Waals surface area contributed by atoms with Crippen molar-refractivity contribution in [2.75, 3.05) is 32.8 Å². The molecular formula is C13H24N2O. The van der Waals surface area contributed by atoms with Crippen LogP contribution in [0.25, 0.3) is 0 Å². The van der Waals surface area contributed by atoms with Crippen molar-refractivity contribution in [3.63, 3.8) is 0 Å². The Morgan fingerprint density at radius 3 is 2.88 bits per heavy atom. The molecule has 2 aliphatic heterocycles. The molecule has 2 heterocycles. The highest BCUT2D eigenvalue weighted by Crippen LogP contribution is 2.30. The second-order valence-electron chi connectivity index (χ2n) is 5.60. The van der Waals surface area contributed by atoms with Gasteiger partial charge in [-0.1, -0.05) is 0 Å². The second-order valence-corrected chi connectivity index (χ2v) is 5.60. The number of fused-ring (bicyclic) bond motifs is 1. The van der Waals surface area contributed by atoms with Crippen LogP contribution >= 0.6 is 0 Å². The summed E-state index contributed by atoms with van der Waals surface area (Å²) in [5.74, 6) is 0.931. The molecule has 92 valence electrons. The average molecular weight is 224 g/mol. The highest BCUT2D eigenvalue weighted by atomic mass is 16.5. The Kier molecular flexibility index (Phi) is 3.46. The molecule has 1 saturated carbocycles. The fourth-order valence-corrected chi connectivity index (χ4v) is 3.63. The van der Waals surface area contributed by atoms with E-state index in [9.17, 15) is 0 Å². The van der Waals surface area contributed by atoms with Gasteiger partial charge in [-0.25, -0.2) is 0 Å². The molecule has 2 atom stereocenters. The molecule has 3 rings (SSSR count). The van der Waals surface area contributed by atoms with E-state index < -0.39 is 0 Å². The first-order valence-corrected chi connectivity index (χ1v) is 7.00. The van der Waals surface area contributed by atoms with Crippen molar-refractivity contribution in [3.05, 3.63) is 0 Å². The largest absolute Gasteiger partial charge is 0.375 e. The fourth-order valence-electron chi connectivity index (χ4n) is 3.63. The monoisotopic (exact) mass is 224 g/mol. The van der Waals surface area contributed by atoms with Crippen molar-refractivity contribution in [1.29, 1.82) is 0 Å². The topological polar surface area (TPSA) is 24.5 Å². The van der Waals surface area contributed by atoms with Gasteiger partial charge >= 0.3 is 0 Å². The van der Waals surface area contributed by atoms with E-state index in [4.69, 9.17) is 4.74 Å². The van der Waals surface area contributed by atoms with Crippen LogP contribution < -0.4 is 5.32 Å². The van der Waals surface area contributed by atoms with Gasteiger partial charge in [0.1, 0.15) is 0 Å². The molecule has 2 saturated heterocycles. The lowest BCUT2D eigenvalue weighted by molar-refractivity contribution is -0.0613. The van der Waals surface area contributed by atoms with Crippen LogP contribution in [0, 0.1) is 5.92 Å². The Hall–Kier alpha value is -0.120. The van der Waals surface area contributed by atoms with Crippen LogP contribution in [-0.4, -0.2) is 49.8 Å². The molecule has 2 unspecified atom stereocenters. The Balaban J connectivity index is 1.56. The van der Waals surface area contributed by atoms with E-state index in [-0.39, 0.29) is 0 Å². The minimum absolute atomic E-state index is 0.565. The Morgan fingerprint density at radius 1 is 1.12 bits per heavy atom. The van der Waals surface area contributed by atoms with Crippen LogP contribution in [0.5, 0.6) is 0 Å². The summed E-state index contributed by atoms with van der Waals surface area (Å²) in [5, 5.41) is 3.46. The van der Waals surface area contributed by atoms with Gasteiger partial charge in [0.2, 0.25) is 0 Å². The van der Waals surface area contributed by atoms with Crippen molar-refractivity contribution in [3.8, 4) is 0 Å². The first-order valence-electron chi connectivity index (χ1n) is 7.00. The highest BCUT2D eigenvalue weighted by molar-refractivity contribution is 4.90. The first kappa shape index (κ1) is 11.0. The maximum Gasteiger partial charge on any atom is 0.0730 e. The lowest BCUT2D eigenvalue weighted by atomic mass is 9.96. The summed E-state index contributed by atoms with van der Waals surface area (Å²) in [7, 11) is 0. The van der Waals surface area contributed by atoms with Gasteiger partial charge in [-0.05, 0) is 51.1 Å². The molecule has 3 heteroatoms.